The number of hydrogen-bond donors (Lipinski definition) is 1. The van der Waals surface area contributed by atoms with E-state index in [-0.39, 0.29) is 0 Å². The SMILES string of the molecule is C[Si](C)(C)CCOCN1C=CNC1. The van der Waals surface area contributed by atoms with Gasteiger partial charge < -0.3 is 15.0 Å². The predicted octanol–water partition coefficient (Wildman–Crippen LogP) is 1.63. The number of rotatable bonds is 5. The normalized spacial score (nSPS) is 16.4. The summed E-state index contributed by atoms with van der Waals surface area (Å²) in [4.78, 5) is 2.12. The van der Waals surface area contributed by atoms with Crippen molar-refractivity contribution in [2.75, 3.05) is 20.0 Å². The van der Waals surface area contributed by atoms with Crippen molar-refractivity contribution in [3.05, 3.63) is 12.4 Å². The summed E-state index contributed by atoms with van der Waals surface area (Å²) in [5, 5.41) is 3.10. The first kappa shape index (κ1) is 10.6. The molecule has 1 rings (SSSR count). The summed E-state index contributed by atoms with van der Waals surface area (Å²) >= 11 is 0. The first-order chi connectivity index (χ1) is 6.08. The molecule has 4 heteroatoms. The van der Waals surface area contributed by atoms with Crippen LogP contribution in [0.3, 0.4) is 0 Å². The predicted molar refractivity (Wildman–Crippen MR) is 58.0 cm³/mol. The van der Waals surface area contributed by atoms with Gasteiger partial charge in [0.1, 0.15) is 6.73 Å². The summed E-state index contributed by atoms with van der Waals surface area (Å²) in [7, 11) is -0.911. The molecule has 0 spiro atoms. The van der Waals surface area contributed by atoms with Crippen LogP contribution in [0.5, 0.6) is 0 Å². The van der Waals surface area contributed by atoms with Crippen molar-refractivity contribution in [3.8, 4) is 0 Å². The molecule has 0 bridgehead atoms. The second kappa shape index (κ2) is 4.67. The first-order valence-electron chi connectivity index (χ1n) is 4.80. The van der Waals surface area contributed by atoms with Gasteiger partial charge in [0.2, 0.25) is 0 Å². The smallest absolute Gasteiger partial charge is 0.119 e. The summed E-state index contributed by atoms with van der Waals surface area (Å²) in [6, 6.07) is 1.25. The molecule has 0 aromatic carbocycles. The maximum absolute atomic E-state index is 5.56. The van der Waals surface area contributed by atoms with E-state index in [4.69, 9.17) is 4.74 Å². The largest absolute Gasteiger partial charge is 0.372 e. The molecule has 13 heavy (non-hydrogen) atoms. The van der Waals surface area contributed by atoms with Gasteiger partial charge in [0.25, 0.3) is 0 Å². The van der Waals surface area contributed by atoms with Crippen LogP contribution in [0.4, 0.5) is 0 Å². The van der Waals surface area contributed by atoms with Gasteiger partial charge in [-0.2, -0.15) is 0 Å². The van der Waals surface area contributed by atoms with Crippen LogP contribution in [0.1, 0.15) is 0 Å². The van der Waals surface area contributed by atoms with E-state index in [1.165, 1.54) is 6.04 Å². The number of nitrogens with one attached hydrogen (secondary N) is 1. The van der Waals surface area contributed by atoms with E-state index in [2.05, 4.69) is 29.9 Å². The zero-order valence-corrected chi connectivity index (χ0v) is 9.84. The minimum atomic E-state index is -0.911. The Kier molecular flexibility index (Phi) is 3.81. The Bertz CT molecular complexity index is 177. The molecule has 76 valence electrons. The molecule has 0 radical (unpaired) electrons. The molecule has 0 atom stereocenters. The van der Waals surface area contributed by atoms with Gasteiger partial charge in [-0.1, -0.05) is 19.6 Å². The monoisotopic (exact) mass is 200 g/mol. The molecule has 0 aliphatic carbocycles. The summed E-state index contributed by atoms with van der Waals surface area (Å²) in [6.45, 7) is 9.61. The molecule has 0 aromatic rings. The average Bonchev–Trinajstić information content (AvgIpc) is 2.48. The van der Waals surface area contributed by atoms with Crippen LogP contribution in [0.2, 0.25) is 25.7 Å². The molecule has 0 saturated carbocycles. The first-order valence-corrected chi connectivity index (χ1v) is 8.50. The van der Waals surface area contributed by atoms with Crippen molar-refractivity contribution in [3.63, 3.8) is 0 Å². The summed E-state index contributed by atoms with van der Waals surface area (Å²) < 4.78 is 5.56. The van der Waals surface area contributed by atoms with Crippen LogP contribution in [-0.2, 0) is 4.74 Å². The molecule has 1 heterocycles. The van der Waals surface area contributed by atoms with Gasteiger partial charge in [0.05, 0.1) is 6.67 Å². The average molecular weight is 200 g/mol. The van der Waals surface area contributed by atoms with Crippen LogP contribution in [-0.4, -0.2) is 33.0 Å². The molecule has 0 amide bonds. The zero-order valence-electron chi connectivity index (χ0n) is 8.84. The lowest BCUT2D eigenvalue weighted by Gasteiger charge is -2.18. The summed E-state index contributed by atoms with van der Waals surface area (Å²) in [5.41, 5.74) is 0. The van der Waals surface area contributed by atoms with Gasteiger partial charge in [-0.05, 0) is 6.04 Å². The highest BCUT2D eigenvalue weighted by Crippen LogP contribution is 2.07. The highest BCUT2D eigenvalue weighted by Gasteiger charge is 2.12. The van der Waals surface area contributed by atoms with Crippen molar-refractivity contribution >= 4 is 8.07 Å². The summed E-state index contributed by atoms with van der Waals surface area (Å²) in [6.07, 6.45) is 3.97. The lowest BCUT2D eigenvalue weighted by molar-refractivity contribution is 0.0650. The second-order valence-electron chi connectivity index (χ2n) is 4.61. The van der Waals surface area contributed by atoms with Crippen LogP contribution in [0, 0.1) is 0 Å². The minimum Gasteiger partial charge on any atom is -0.372 e. The van der Waals surface area contributed by atoms with Gasteiger partial charge in [-0.3, -0.25) is 0 Å². The van der Waals surface area contributed by atoms with E-state index in [0.717, 1.165) is 13.3 Å². The molecule has 1 aliphatic heterocycles. The Morgan fingerprint density at radius 3 is 2.77 bits per heavy atom. The molecular weight excluding hydrogens is 180 g/mol. The molecule has 1 N–H and O–H groups in total. The van der Waals surface area contributed by atoms with Crippen molar-refractivity contribution in [1.29, 1.82) is 0 Å². The van der Waals surface area contributed by atoms with Crippen LogP contribution < -0.4 is 5.32 Å². The standard InChI is InChI=1S/C9H20N2OSi/c1-13(2,3)7-6-12-9-11-5-4-10-8-11/h4-5,10H,6-9H2,1-3H3. The maximum Gasteiger partial charge on any atom is 0.119 e. The van der Waals surface area contributed by atoms with Crippen molar-refractivity contribution in [2.24, 2.45) is 0 Å². The Labute approximate surface area is 81.8 Å². The van der Waals surface area contributed by atoms with Crippen LogP contribution >= 0.6 is 0 Å². The van der Waals surface area contributed by atoms with Crippen molar-refractivity contribution < 1.29 is 4.74 Å². The van der Waals surface area contributed by atoms with Gasteiger partial charge >= 0.3 is 0 Å². The van der Waals surface area contributed by atoms with E-state index in [0.29, 0.717) is 6.73 Å². The molecule has 1 aliphatic rings. The van der Waals surface area contributed by atoms with E-state index >= 15 is 0 Å². The third-order valence-electron chi connectivity index (χ3n) is 1.95. The quantitative estimate of drug-likeness (QED) is 0.539. The fraction of sp³-hybridized carbons (Fsp3) is 0.778. The van der Waals surface area contributed by atoms with E-state index in [1.807, 2.05) is 12.4 Å². The van der Waals surface area contributed by atoms with Crippen LogP contribution in [0.15, 0.2) is 12.4 Å². The molecule has 3 nitrogen and oxygen atoms in total. The fourth-order valence-corrected chi connectivity index (χ4v) is 1.79. The van der Waals surface area contributed by atoms with Gasteiger partial charge in [-0.25, -0.2) is 0 Å². The van der Waals surface area contributed by atoms with Gasteiger partial charge in [0.15, 0.2) is 0 Å². The van der Waals surface area contributed by atoms with Crippen LogP contribution in [0.25, 0.3) is 0 Å². The topological polar surface area (TPSA) is 24.5 Å². The number of nitrogens with zero attached hydrogens (tertiary/aromatic N) is 1. The van der Waals surface area contributed by atoms with E-state index in [1.54, 1.807) is 0 Å². The molecular formula is C9H20N2OSi. The fourth-order valence-electron chi connectivity index (χ4n) is 1.03. The lowest BCUT2D eigenvalue weighted by atomic mass is 10.8. The van der Waals surface area contributed by atoms with E-state index in [9.17, 15) is 0 Å². The Balaban J connectivity index is 1.98. The third-order valence-corrected chi connectivity index (χ3v) is 3.66. The van der Waals surface area contributed by atoms with Gasteiger partial charge in [-0.15, -0.1) is 0 Å². The van der Waals surface area contributed by atoms with Crippen molar-refractivity contribution in [2.45, 2.75) is 25.7 Å². The number of ether oxygens (including phenoxy) is 1. The zero-order chi connectivity index (χ0) is 9.73. The Morgan fingerprint density at radius 2 is 2.23 bits per heavy atom. The lowest BCUT2D eigenvalue weighted by Crippen LogP contribution is -2.26. The second-order valence-corrected chi connectivity index (χ2v) is 10.2. The summed E-state index contributed by atoms with van der Waals surface area (Å²) in [5.74, 6) is 0. The molecule has 0 fully saturated rings. The Hall–Kier alpha value is -0.483. The molecule has 0 saturated heterocycles. The van der Waals surface area contributed by atoms with E-state index < -0.39 is 8.07 Å². The highest BCUT2D eigenvalue weighted by molar-refractivity contribution is 6.76. The third kappa shape index (κ3) is 4.95. The van der Waals surface area contributed by atoms with Gasteiger partial charge in [0, 0.05) is 27.1 Å². The van der Waals surface area contributed by atoms with Crippen molar-refractivity contribution in [1.82, 2.24) is 10.2 Å². The number of hydrogen-bond acceptors (Lipinski definition) is 3. The highest BCUT2D eigenvalue weighted by atomic mass is 28.3. The molecule has 0 aromatic heterocycles. The minimum absolute atomic E-state index is 0.716. The Morgan fingerprint density at radius 1 is 1.46 bits per heavy atom. The maximum atomic E-state index is 5.56. The molecule has 0 unspecified atom stereocenters.